The van der Waals surface area contributed by atoms with Gasteiger partial charge in [-0.3, -0.25) is 0 Å². The molecule has 1 aromatic rings. The Balaban J connectivity index is 2.72. The molecule has 0 aliphatic heterocycles. The molecule has 0 fully saturated rings. The van der Waals surface area contributed by atoms with E-state index in [-0.39, 0.29) is 13.2 Å². The van der Waals surface area contributed by atoms with Crippen molar-refractivity contribution >= 4 is 11.3 Å². The molecule has 1 aromatic heterocycles. The van der Waals surface area contributed by atoms with E-state index in [9.17, 15) is 0 Å². The number of hydrogen-bond acceptors (Lipinski definition) is 4. The highest BCUT2D eigenvalue weighted by molar-refractivity contribution is 7.12. The Morgan fingerprint density at radius 3 is 2.91 bits per heavy atom. The second-order valence-electron chi connectivity index (χ2n) is 1.75. The summed E-state index contributed by atoms with van der Waals surface area (Å²) in [5, 5.41) is 17.6. The van der Waals surface area contributed by atoms with Gasteiger partial charge in [0.2, 0.25) is 0 Å². The van der Waals surface area contributed by atoms with E-state index in [0.29, 0.717) is 5.01 Å². The number of thiazole rings is 1. The molecule has 0 aromatic carbocycles. The van der Waals surface area contributed by atoms with E-state index in [0.717, 1.165) is 4.88 Å². The maximum atomic E-state index is 8.65. The van der Waals surface area contributed by atoms with Crippen LogP contribution in [0, 0.1) is 11.8 Å². The number of aliphatic hydroxyl groups excluding tert-OH is 2. The van der Waals surface area contributed by atoms with Crippen LogP contribution in [0.2, 0.25) is 0 Å². The molecule has 0 bridgehead atoms. The van der Waals surface area contributed by atoms with Crippen LogP contribution in [0.4, 0.5) is 0 Å². The molecular formula is C7H7NO2S. The molecule has 0 amide bonds. The van der Waals surface area contributed by atoms with Gasteiger partial charge < -0.3 is 10.2 Å². The van der Waals surface area contributed by atoms with Gasteiger partial charge >= 0.3 is 0 Å². The molecular weight excluding hydrogens is 162 g/mol. The van der Waals surface area contributed by atoms with Gasteiger partial charge in [0.25, 0.3) is 0 Å². The third kappa shape index (κ3) is 2.31. The van der Waals surface area contributed by atoms with Crippen LogP contribution < -0.4 is 0 Å². The highest BCUT2D eigenvalue weighted by Gasteiger charge is 1.95. The van der Waals surface area contributed by atoms with E-state index < -0.39 is 0 Å². The zero-order valence-corrected chi connectivity index (χ0v) is 6.56. The van der Waals surface area contributed by atoms with E-state index >= 15 is 0 Å². The fourth-order valence-corrected chi connectivity index (χ4v) is 1.20. The van der Waals surface area contributed by atoms with Crippen molar-refractivity contribution in [3.63, 3.8) is 0 Å². The summed E-state index contributed by atoms with van der Waals surface area (Å²) in [6.45, 7) is -0.160. The van der Waals surface area contributed by atoms with Crippen molar-refractivity contribution in [2.45, 2.75) is 6.61 Å². The summed E-state index contributed by atoms with van der Waals surface area (Å²) in [6, 6.07) is 0. The fraction of sp³-hybridized carbons (Fsp3) is 0.286. The monoisotopic (exact) mass is 169 g/mol. The first-order chi connectivity index (χ1) is 5.36. The van der Waals surface area contributed by atoms with Crippen molar-refractivity contribution in [1.82, 2.24) is 4.98 Å². The number of aliphatic hydroxyl groups is 2. The summed E-state index contributed by atoms with van der Waals surface area (Å²) < 4.78 is 0. The number of nitrogens with zero attached hydrogens (tertiary/aromatic N) is 1. The van der Waals surface area contributed by atoms with Crippen LogP contribution in [-0.4, -0.2) is 21.8 Å². The molecule has 1 rings (SSSR count). The molecule has 0 atom stereocenters. The molecule has 3 nitrogen and oxygen atoms in total. The van der Waals surface area contributed by atoms with Gasteiger partial charge in [-0.1, -0.05) is 5.92 Å². The topological polar surface area (TPSA) is 53.4 Å². The van der Waals surface area contributed by atoms with Crippen molar-refractivity contribution in [3.8, 4) is 11.8 Å². The molecule has 0 unspecified atom stereocenters. The van der Waals surface area contributed by atoms with Crippen molar-refractivity contribution in [3.05, 3.63) is 16.1 Å². The summed E-state index contributed by atoms with van der Waals surface area (Å²) >= 11 is 1.33. The molecule has 4 heteroatoms. The zero-order chi connectivity index (χ0) is 8.10. The molecule has 1 heterocycles. The molecule has 0 saturated heterocycles. The standard InChI is InChI=1S/C7H7NO2S/c9-3-1-2-7-8-4-6(5-10)11-7/h4,9-10H,3,5H2. The van der Waals surface area contributed by atoms with Crippen LogP contribution in [0.5, 0.6) is 0 Å². The van der Waals surface area contributed by atoms with Crippen LogP contribution in [-0.2, 0) is 6.61 Å². The Labute approximate surface area is 68.3 Å². The minimum atomic E-state index is -0.159. The molecule has 0 aliphatic rings. The van der Waals surface area contributed by atoms with E-state index in [1.54, 1.807) is 6.20 Å². The predicted octanol–water partition coefficient (Wildman–Crippen LogP) is -0.0208. The summed E-state index contributed by atoms with van der Waals surface area (Å²) in [6.07, 6.45) is 1.58. The summed E-state index contributed by atoms with van der Waals surface area (Å²) in [5.41, 5.74) is 0. The smallest absolute Gasteiger partial charge is 0.167 e. The number of aromatic nitrogens is 1. The molecule has 0 radical (unpaired) electrons. The lowest BCUT2D eigenvalue weighted by Crippen LogP contribution is -1.72. The lowest BCUT2D eigenvalue weighted by Gasteiger charge is -1.78. The summed E-state index contributed by atoms with van der Waals surface area (Å²) in [4.78, 5) is 4.68. The van der Waals surface area contributed by atoms with Gasteiger partial charge in [-0.15, -0.1) is 11.3 Å². The van der Waals surface area contributed by atoms with Crippen molar-refractivity contribution in [2.24, 2.45) is 0 Å². The van der Waals surface area contributed by atoms with E-state index in [4.69, 9.17) is 10.2 Å². The molecule has 2 N–H and O–H groups in total. The van der Waals surface area contributed by atoms with Gasteiger partial charge in [0.1, 0.15) is 6.61 Å². The second-order valence-corrected chi connectivity index (χ2v) is 2.86. The molecule has 0 aliphatic carbocycles. The zero-order valence-electron chi connectivity index (χ0n) is 5.74. The van der Waals surface area contributed by atoms with Gasteiger partial charge in [-0.25, -0.2) is 4.98 Å². The van der Waals surface area contributed by atoms with E-state index in [1.807, 2.05) is 0 Å². The molecule has 58 valence electrons. The van der Waals surface area contributed by atoms with Gasteiger partial charge in [0.05, 0.1) is 11.5 Å². The van der Waals surface area contributed by atoms with Crippen molar-refractivity contribution in [2.75, 3.05) is 6.61 Å². The van der Waals surface area contributed by atoms with Crippen LogP contribution in [0.15, 0.2) is 6.20 Å². The first-order valence-electron chi connectivity index (χ1n) is 3.02. The fourth-order valence-electron chi connectivity index (χ4n) is 0.554. The normalized spacial score (nSPS) is 8.91. The Morgan fingerprint density at radius 2 is 2.36 bits per heavy atom. The van der Waals surface area contributed by atoms with E-state index in [1.165, 1.54) is 11.3 Å². The number of rotatable bonds is 1. The average Bonchev–Trinajstić information content (AvgIpc) is 2.48. The van der Waals surface area contributed by atoms with Gasteiger partial charge in [0.15, 0.2) is 5.01 Å². The Hall–Kier alpha value is -0.890. The third-order valence-electron chi connectivity index (χ3n) is 0.984. The Morgan fingerprint density at radius 1 is 1.55 bits per heavy atom. The average molecular weight is 169 g/mol. The minimum Gasteiger partial charge on any atom is -0.391 e. The predicted molar refractivity (Wildman–Crippen MR) is 42.0 cm³/mol. The SMILES string of the molecule is OCC#Cc1ncc(CO)s1. The van der Waals surface area contributed by atoms with E-state index in [2.05, 4.69) is 16.8 Å². The van der Waals surface area contributed by atoms with Gasteiger partial charge in [-0.05, 0) is 5.92 Å². The van der Waals surface area contributed by atoms with Crippen LogP contribution in [0.1, 0.15) is 9.88 Å². The molecule has 11 heavy (non-hydrogen) atoms. The van der Waals surface area contributed by atoms with Crippen LogP contribution in [0.3, 0.4) is 0 Å². The Kier molecular flexibility index (Phi) is 3.05. The maximum absolute atomic E-state index is 8.65. The second kappa shape index (κ2) is 4.09. The van der Waals surface area contributed by atoms with Crippen LogP contribution >= 0.6 is 11.3 Å². The largest absolute Gasteiger partial charge is 0.391 e. The number of hydrogen-bond donors (Lipinski definition) is 2. The first-order valence-corrected chi connectivity index (χ1v) is 3.83. The highest BCUT2D eigenvalue weighted by Crippen LogP contribution is 2.10. The van der Waals surface area contributed by atoms with Gasteiger partial charge in [0, 0.05) is 6.20 Å². The quantitative estimate of drug-likeness (QED) is 0.581. The Bertz CT molecular complexity index is 284. The highest BCUT2D eigenvalue weighted by atomic mass is 32.1. The first kappa shape index (κ1) is 8.21. The van der Waals surface area contributed by atoms with Gasteiger partial charge in [-0.2, -0.15) is 0 Å². The lowest BCUT2D eigenvalue weighted by molar-refractivity contribution is 0.285. The van der Waals surface area contributed by atoms with Crippen molar-refractivity contribution in [1.29, 1.82) is 0 Å². The molecule has 0 saturated carbocycles. The lowest BCUT2D eigenvalue weighted by atomic mass is 10.6. The molecule has 0 spiro atoms. The third-order valence-corrected chi connectivity index (χ3v) is 1.88. The maximum Gasteiger partial charge on any atom is 0.167 e. The van der Waals surface area contributed by atoms with Crippen molar-refractivity contribution < 1.29 is 10.2 Å². The van der Waals surface area contributed by atoms with Crippen LogP contribution in [0.25, 0.3) is 0 Å². The summed E-state index contributed by atoms with van der Waals surface area (Å²) in [7, 11) is 0. The summed E-state index contributed by atoms with van der Waals surface area (Å²) in [5.74, 6) is 5.12. The minimum absolute atomic E-state index is 0.00152.